The van der Waals surface area contributed by atoms with Gasteiger partial charge >= 0.3 is 5.97 Å². The van der Waals surface area contributed by atoms with Gasteiger partial charge in [0.25, 0.3) is 0 Å². The first kappa shape index (κ1) is 23.9. The van der Waals surface area contributed by atoms with Gasteiger partial charge in [0.1, 0.15) is 6.04 Å². The second kappa shape index (κ2) is 10.7. The van der Waals surface area contributed by atoms with Gasteiger partial charge in [-0.1, -0.05) is 48.0 Å². The van der Waals surface area contributed by atoms with Crippen molar-refractivity contribution in [3.8, 4) is 0 Å². The van der Waals surface area contributed by atoms with Crippen LogP contribution in [0.3, 0.4) is 0 Å². The van der Waals surface area contributed by atoms with Crippen LogP contribution in [-0.2, 0) is 30.8 Å². The largest absolute Gasteiger partial charge is 0.464 e. The zero-order valence-electron chi connectivity index (χ0n) is 18.5. The van der Waals surface area contributed by atoms with Crippen molar-refractivity contribution in [3.05, 3.63) is 65.7 Å². The Morgan fingerprint density at radius 3 is 2.28 bits per heavy atom. The van der Waals surface area contributed by atoms with Gasteiger partial charge in [-0.05, 0) is 44.4 Å². The van der Waals surface area contributed by atoms with E-state index in [1.54, 1.807) is 31.2 Å². The lowest BCUT2D eigenvalue weighted by Crippen LogP contribution is -2.48. The molecular formula is C24H30N2O5S. The lowest BCUT2D eigenvalue weighted by Gasteiger charge is -2.31. The average molecular weight is 459 g/mol. The van der Waals surface area contributed by atoms with Gasteiger partial charge < -0.3 is 10.1 Å². The lowest BCUT2D eigenvalue weighted by molar-refractivity contribution is -0.148. The molecule has 1 atom stereocenters. The SMILES string of the molecule is CCOC(=O)C(Cc1ccccc1)NC(=O)C1CCN(S(=O)(=O)c2ccc(C)cc2)CC1. The molecule has 1 fully saturated rings. The van der Waals surface area contributed by atoms with Gasteiger partial charge in [0.2, 0.25) is 15.9 Å². The van der Waals surface area contributed by atoms with Crippen molar-refractivity contribution in [1.29, 1.82) is 0 Å². The Morgan fingerprint density at radius 2 is 1.69 bits per heavy atom. The molecule has 7 nitrogen and oxygen atoms in total. The minimum atomic E-state index is -3.58. The standard InChI is InChI=1S/C24H30N2O5S/c1-3-31-24(28)22(17-19-7-5-4-6-8-19)25-23(27)20-13-15-26(16-14-20)32(29,30)21-11-9-18(2)10-12-21/h4-12,20,22H,3,13-17H2,1-2H3,(H,25,27). The number of sulfonamides is 1. The number of amides is 1. The molecule has 3 rings (SSSR count). The summed E-state index contributed by atoms with van der Waals surface area (Å²) in [6.45, 7) is 4.38. The maximum Gasteiger partial charge on any atom is 0.328 e. The van der Waals surface area contributed by atoms with Crippen LogP contribution >= 0.6 is 0 Å². The topological polar surface area (TPSA) is 92.8 Å². The number of carbonyl (C=O) groups is 2. The first-order valence-corrected chi connectivity index (χ1v) is 12.3. The van der Waals surface area contributed by atoms with E-state index < -0.39 is 22.0 Å². The Labute approximate surface area is 189 Å². The molecule has 1 unspecified atom stereocenters. The predicted octanol–water partition coefficient (Wildman–Crippen LogP) is 2.69. The molecule has 0 aliphatic carbocycles. The number of carbonyl (C=O) groups excluding carboxylic acids is 2. The molecule has 2 aromatic rings. The van der Waals surface area contributed by atoms with Crippen molar-refractivity contribution in [1.82, 2.24) is 9.62 Å². The third kappa shape index (κ3) is 5.95. The van der Waals surface area contributed by atoms with Crippen LogP contribution in [0.25, 0.3) is 0 Å². The summed E-state index contributed by atoms with van der Waals surface area (Å²) in [4.78, 5) is 25.6. The summed E-state index contributed by atoms with van der Waals surface area (Å²) in [7, 11) is -3.58. The van der Waals surface area contributed by atoms with Crippen LogP contribution in [0.2, 0.25) is 0 Å². The highest BCUT2D eigenvalue weighted by Gasteiger charge is 2.33. The molecule has 1 heterocycles. The molecule has 1 amide bonds. The van der Waals surface area contributed by atoms with Crippen LogP contribution < -0.4 is 5.32 Å². The maximum atomic E-state index is 12.9. The summed E-state index contributed by atoms with van der Waals surface area (Å²) in [6, 6.07) is 15.4. The van der Waals surface area contributed by atoms with Crippen LogP contribution in [0, 0.1) is 12.8 Å². The first-order valence-electron chi connectivity index (χ1n) is 10.9. The Balaban J connectivity index is 1.61. The predicted molar refractivity (Wildman–Crippen MR) is 121 cm³/mol. The van der Waals surface area contributed by atoms with E-state index >= 15 is 0 Å². The van der Waals surface area contributed by atoms with Gasteiger partial charge in [-0.25, -0.2) is 13.2 Å². The highest BCUT2D eigenvalue weighted by atomic mass is 32.2. The minimum Gasteiger partial charge on any atom is -0.464 e. The maximum absolute atomic E-state index is 12.9. The van der Waals surface area contributed by atoms with Gasteiger partial charge in [0.15, 0.2) is 0 Å². The molecule has 172 valence electrons. The van der Waals surface area contributed by atoms with Gasteiger partial charge in [-0.2, -0.15) is 4.31 Å². The van der Waals surface area contributed by atoms with Crippen molar-refractivity contribution in [2.45, 2.75) is 44.0 Å². The van der Waals surface area contributed by atoms with Crippen LogP contribution in [0.1, 0.15) is 30.9 Å². The molecule has 0 spiro atoms. The van der Waals surface area contributed by atoms with E-state index in [0.717, 1.165) is 11.1 Å². The second-order valence-electron chi connectivity index (χ2n) is 7.99. The number of hydrogen-bond donors (Lipinski definition) is 1. The zero-order valence-corrected chi connectivity index (χ0v) is 19.3. The van der Waals surface area contributed by atoms with Crippen molar-refractivity contribution in [3.63, 3.8) is 0 Å². The highest BCUT2D eigenvalue weighted by molar-refractivity contribution is 7.89. The van der Waals surface area contributed by atoms with E-state index in [1.165, 1.54) is 4.31 Å². The number of aryl methyl sites for hydroxylation is 1. The van der Waals surface area contributed by atoms with Gasteiger partial charge in [0.05, 0.1) is 11.5 Å². The van der Waals surface area contributed by atoms with E-state index in [9.17, 15) is 18.0 Å². The van der Waals surface area contributed by atoms with E-state index in [0.29, 0.717) is 19.3 Å². The number of benzene rings is 2. The second-order valence-corrected chi connectivity index (χ2v) is 9.93. The summed E-state index contributed by atoms with van der Waals surface area (Å²) in [5.41, 5.74) is 1.91. The van der Waals surface area contributed by atoms with Gasteiger partial charge in [-0.15, -0.1) is 0 Å². The van der Waals surface area contributed by atoms with Crippen molar-refractivity contribution in [2.24, 2.45) is 5.92 Å². The Bertz CT molecular complexity index is 1010. The monoisotopic (exact) mass is 458 g/mol. The summed E-state index contributed by atoms with van der Waals surface area (Å²) in [6.07, 6.45) is 1.14. The fourth-order valence-corrected chi connectivity index (χ4v) is 5.26. The molecule has 1 aliphatic rings. The van der Waals surface area contributed by atoms with Crippen molar-refractivity contribution >= 4 is 21.9 Å². The summed E-state index contributed by atoms with van der Waals surface area (Å²) >= 11 is 0. The van der Waals surface area contributed by atoms with Crippen LogP contribution in [0.4, 0.5) is 0 Å². The Kier molecular flexibility index (Phi) is 8.04. The molecule has 1 aliphatic heterocycles. The third-order valence-corrected chi connectivity index (χ3v) is 7.57. The Hall–Kier alpha value is -2.71. The average Bonchev–Trinajstić information content (AvgIpc) is 2.80. The number of ether oxygens (including phenoxy) is 1. The molecule has 1 saturated heterocycles. The number of rotatable bonds is 8. The first-order chi connectivity index (χ1) is 15.3. The van der Waals surface area contributed by atoms with E-state index in [4.69, 9.17) is 4.74 Å². The van der Waals surface area contributed by atoms with E-state index in [-0.39, 0.29) is 36.4 Å². The molecule has 32 heavy (non-hydrogen) atoms. The molecule has 0 bridgehead atoms. The van der Waals surface area contributed by atoms with Crippen LogP contribution in [0.15, 0.2) is 59.5 Å². The van der Waals surface area contributed by atoms with Gasteiger partial charge in [-0.3, -0.25) is 4.79 Å². The van der Waals surface area contributed by atoms with Crippen LogP contribution in [-0.4, -0.2) is 50.3 Å². The molecule has 0 aromatic heterocycles. The number of piperidine rings is 1. The lowest BCUT2D eigenvalue weighted by atomic mass is 9.96. The number of esters is 1. The molecular weight excluding hydrogens is 428 g/mol. The molecule has 2 aromatic carbocycles. The quantitative estimate of drug-likeness (QED) is 0.614. The number of hydrogen-bond acceptors (Lipinski definition) is 5. The molecule has 8 heteroatoms. The molecule has 0 saturated carbocycles. The molecule has 1 N–H and O–H groups in total. The normalized spacial score (nSPS) is 16.3. The fraction of sp³-hybridized carbons (Fsp3) is 0.417. The van der Waals surface area contributed by atoms with Gasteiger partial charge in [0, 0.05) is 25.4 Å². The third-order valence-electron chi connectivity index (χ3n) is 5.65. The zero-order chi connectivity index (χ0) is 23.1. The Morgan fingerprint density at radius 1 is 1.06 bits per heavy atom. The van der Waals surface area contributed by atoms with Crippen LogP contribution in [0.5, 0.6) is 0 Å². The van der Waals surface area contributed by atoms with E-state index in [2.05, 4.69) is 5.32 Å². The van der Waals surface area contributed by atoms with E-state index in [1.807, 2.05) is 37.3 Å². The number of nitrogens with zero attached hydrogens (tertiary/aromatic N) is 1. The summed E-state index contributed by atoms with van der Waals surface area (Å²) in [5, 5.41) is 2.83. The fourth-order valence-electron chi connectivity index (χ4n) is 3.79. The highest BCUT2D eigenvalue weighted by Crippen LogP contribution is 2.24. The van der Waals surface area contributed by atoms with Crippen molar-refractivity contribution < 1.29 is 22.7 Å². The minimum absolute atomic E-state index is 0.231. The molecule has 0 radical (unpaired) electrons. The summed E-state index contributed by atoms with van der Waals surface area (Å²) < 4.78 is 32.3. The van der Waals surface area contributed by atoms with Crippen molar-refractivity contribution in [2.75, 3.05) is 19.7 Å². The number of nitrogens with one attached hydrogen (secondary N) is 1. The smallest absolute Gasteiger partial charge is 0.328 e. The summed E-state index contributed by atoms with van der Waals surface area (Å²) in [5.74, 6) is -1.07.